The van der Waals surface area contributed by atoms with Gasteiger partial charge in [-0.2, -0.15) is 0 Å². The fourth-order valence-corrected chi connectivity index (χ4v) is 4.38. The molecule has 4 aromatic rings. The van der Waals surface area contributed by atoms with Gasteiger partial charge in [0.1, 0.15) is 17.7 Å². The summed E-state index contributed by atoms with van der Waals surface area (Å²) < 4.78 is 11.7. The van der Waals surface area contributed by atoms with Crippen LogP contribution in [0.5, 0.6) is 11.5 Å². The van der Waals surface area contributed by atoms with Crippen molar-refractivity contribution in [1.29, 1.82) is 0 Å². The molecule has 0 unspecified atom stereocenters. The Morgan fingerprint density at radius 1 is 0.516 bits per heavy atom. The molecular formula is C27H24N2O2. The standard InChI is InChI=1S/C27H24N2O2/c1-30-24-18-11-19-25(31-2)26(24)27-28(20-12-5-3-6-13-20)22-16-9-10-17-23(22)29(27)21-14-7-4-8-15-21/h3-19,27H,1-2H3. The summed E-state index contributed by atoms with van der Waals surface area (Å²) in [7, 11) is 3.42. The number of nitrogens with zero attached hydrogens (tertiary/aromatic N) is 2. The first kappa shape index (κ1) is 19.1. The van der Waals surface area contributed by atoms with Gasteiger partial charge in [0, 0.05) is 11.4 Å². The zero-order valence-corrected chi connectivity index (χ0v) is 17.6. The van der Waals surface area contributed by atoms with Gasteiger partial charge in [0.2, 0.25) is 0 Å². The lowest BCUT2D eigenvalue weighted by Gasteiger charge is -2.35. The van der Waals surface area contributed by atoms with Gasteiger partial charge >= 0.3 is 0 Å². The van der Waals surface area contributed by atoms with Gasteiger partial charge in [-0.05, 0) is 48.5 Å². The first-order valence-electron chi connectivity index (χ1n) is 10.3. The summed E-state index contributed by atoms with van der Waals surface area (Å²) in [6, 6.07) is 35.4. The van der Waals surface area contributed by atoms with Crippen molar-refractivity contribution in [3.63, 3.8) is 0 Å². The van der Waals surface area contributed by atoms with Crippen LogP contribution in [0.2, 0.25) is 0 Å². The molecule has 1 aliphatic rings. The van der Waals surface area contributed by atoms with Crippen LogP contribution in [0, 0.1) is 0 Å². The van der Waals surface area contributed by atoms with E-state index in [9.17, 15) is 0 Å². The third-order valence-electron chi connectivity index (χ3n) is 5.68. The summed E-state index contributed by atoms with van der Waals surface area (Å²) in [5, 5.41) is 0. The van der Waals surface area contributed by atoms with Crippen molar-refractivity contribution in [2.75, 3.05) is 24.0 Å². The minimum Gasteiger partial charge on any atom is -0.496 e. The van der Waals surface area contributed by atoms with E-state index in [2.05, 4.69) is 82.6 Å². The van der Waals surface area contributed by atoms with Crippen molar-refractivity contribution in [2.24, 2.45) is 0 Å². The molecule has 0 spiro atoms. The van der Waals surface area contributed by atoms with Crippen LogP contribution in [0.3, 0.4) is 0 Å². The smallest absolute Gasteiger partial charge is 0.144 e. The van der Waals surface area contributed by atoms with Gasteiger partial charge in [-0.3, -0.25) is 0 Å². The van der Waals surface area contributed by atoms with Crippen LogP contribution in [-0.4, -0.2) is 14.2 Å². The SMILES string of the molecule is COc1cccc(OC)c1C1N(c2ccccc2)c2ccccc2N1c1ccccc1. The van der Waals surface area contributed by atoms with Crippen molar-refractivity contribution in [1.82, 2.24) is 0 Å². The Kier molecular flexibility index (Phi) is 4.97. The predicted molar refractivity (Wildman–Crippen MR) is 126 cm³/mol. The molecule has 5 rings (SSSR count). The third-order valence-corrected chi connectivity index (χ3v) is 5.68. The number of ether oxygens (including phenoxy) is 2. The highest BCUT2D eigenvalue weighted by Crippen LogP contribution is 2.56. The van der Waals surface area contributed by atoms with Crippen LogP contribution in [0.4, 0.5) is 22.7 Å². The Balaban J connectivity index is 1.83. The molecule has 154 valence electrons. The lowest BCUT2D eigenvalue weighted by atomic mass is 10.1. The third kappa shape index (κ3) is 3.17. The molecule has 4 heteroatoms. The second-order valence-electron chi connectivity index (χ2n) is 7.35. The summed E-state index contributed by atoms with van der Waals surface area (Å²) in [6.07, 6.45) is -0.187. The predicted octanol–water partition coefficient (Wildman–Crippen LogP) is 6.69. The number of hydrogen-bond donors (Lipinski definition) is 0. The maximum Gasteiger partial charge on any atom is 0.144 e. The molecule has 0 saturated heterocycles. The molecule has 0 aromatic heterocycles. The van der Waals surface area contributed by atoms with Crippen LogP contribution >= 0.6 is 0 Å². The highest BCUT2D eigenvalue weighted by molar-refractivity contribution is 5.89. The average Bonchev–Trinajstić information content (AvgIpc) is 3.19. The summed E-state index contributed by atoms with van der Waals surface area (Å²) in [6.45, 7) is 0. The minimum atomic E-state index is -0.187. The zero-order chi connectivity index (χ0) is 21.2. The highest BCUT2D eigenvalue weighted by Gasteiger charge is 2.41. The lowest BCUT2D eigenvalue weighted by Crippen LogP contribution is -2.30. The quantitative estimate of drug-likeness (QED) is 0.367. The second-order valence-corrected chi connectivity index (χ2v) is 7.35. The van der Waals surface area contributed by atoms with Crippen molar-refractivity contribution in [3.8, 4) is 11.5 Å². The Bertz CT molecular complexity index is 1090. The van der Waals surface area contributed by atoms with E-state index >= 15 is 0 Å². The van der Waals surface area contributed by atoms with Gasteiger partial charge in [-0.15, -0.1) is 0 Å². The van der Waals surface area contributed by atoms with Crippen molar-refractivity contribution >= 4 is 22.7 Å². The lowest BCUT2D eigenvalue weighted by molar-refractivity contribution is 0.380. The molecule has 4 aromatic carbocycles. The first-order chi connectivity index (χ1) is 15.3. The van der Waals surface area contributed by atoms with Crippen LogP contribution in [0.15, 0.2) is 103 Å². The fraction of sp³-hybridized carbons (Fsp3) is 0.111. The number of rotatable bonds is 5. The molecule has 1 heterocycles. The Labute approximate surface area is 182 Å². The van der Waals surface area contributed by atoms with Crippen molar-refractivity contribution in [3.05, 3.63) is 109 Å². The van der Waals surface area contributed by atoms with Crippen LogP contribution in [-0.2, 0) is 0 Å². The molecule has 0 N–H and O–H groups in total. The number of benzene rings is 4. The van der Waals surface area contributed by atoms with Crippen molar-refractivity contribution in [2.45, 2.75) is 6.17 Å². The average molecular weight is 409 g/mol. The maximum absolute atomic E-state index is 5.83. The largest absolute Gasteiger partial charge is 0.496 e. The zero-order valence-electron chi connectivity index (χ0n) is 17.6. The van der Waals surface area contributed by atoms with Crippen LogP contribution in [0.25, 0.3) is 0 Å². The Hall–Kier alpha value is -3.92. The minimum absolute atomic E-state index is 0.187. The van der Waals surface area contributed by atoms with E-state index in [0.29, 0.717) is 0 Å². The molecule has 0 saturated carbocycles. The topological polar surface area (TPSA) is 24.9 Å². The van der Waals surface area contributed by atoms with Gasteiger partial charge < -0.3 is 19.3 Å². The maximum atomic E-state index is 5.83. The molecule has 0 aliphatic carbocycles. The number of para-hydroxylation sites is 4. The number of fused-ring (bicyclic) bond motifs is 1. The number of anilines is 4. The number of methoxy groups -OCH3 is 2. The van der Waals surface area contributed by atoms with E-state index in [1.165, 1.54) is 0 Å². The Morgan fingerprint density at radius 3 is 1.35 bits per heavy atom. The van der Waals surface area contributed by atoms with Gasteiger partial charge in [-0.1, -0.05) is 54.6 Å². The summed E-state index contributed by atoms with van der Waals surface area (Å²) in [5.74, 6) is 1.58. The Morgan fingerprint density at radius 2 is 0.935 bits per heavy atom. The molecule has 0 fully saturated rings. The highest BCUT2D eigenvalue weighted by atomic mass is 16.5. The van der Waals surface area contributed by atoms with Crippen LogP contribution in [0.1, 0.15) is 11.7 Å². The molecule has 31 heavy (non-hydrogen) atoms. The molecule has 4 nitrogen and oxygen atoms in total. The van der Waals surface area contributed by atoms with Gasteiger partial charge in [0.15, 0.2) is 0 Å². The first-order valence-corrected chi connectivity index (χ1v) is 10.3. The van der Waals surface area contributed by atoms with E-state index in [1.54, 1.807) is 14.2 Å². The van der Waals surface area contributed by atoms with E-state index in [0.717, 1.165) is 39.8 Å². The van der Waals surface area contributed by atoms with E-state index in [4.69, 9.17) is 9.47 Å². The van der Waals surface area contributed by atoms with Gasteiger partial charge in [-0.25, -0.2) is 0 Å². The molecule has 0 bridgehead atoms. The van der Waals surface area contributed by atoms with Crippen LogP contribution < -0.4 is 19.3 Å². The van der Waals surface area contributed by atoms with E-state index in [1.807, 2.05) is 30.3 Å². The summed E-state index contributed by atoms with van der Waals surface area (Å²) in [4.78, 5) is 4.70. The fourth-order valence-electron chi connectivity index (χ4n) is 4.38. The normalized spacial score (nSPS) is 13.2. The molecular weight excluding hydrogens is 384 g/mol. The molecule has 0 radical (unpaired) electrons. The summed E-state index contributed by atoms with van der Waals surface area (Å²) >= 11 is 0. The van der Waals surface area contributed by atoms with Gasteiger partial charge in [0.25, 0.3) is 0 Å². The van der Waals surface area contributed by atoms with Gasteiger partial charge in [0.05, 0.1) is 31.2 Å². The molecule has 0 amide bonds. The van der Waals surface area contributed by atoms with E-state index < -0.39 is 0 Å². The summed E-state index contributed by atoms with van der Waals surface area (Å²) in [5.41, 5.74) is 5.46. The molecule has 0 atom stereocenters. The number of hydrogen-bond acceptors (Lipinski definition) is 4. The monoisotopic (exact) mass is 408 g/mol. The second kappa shape index (κ2) is 8.07. The van der Waals surface area contributed by atoms with Crippen molar-refractivity contribution < 1.29 is 9.47 Å². The van der Waals surface area contributed by atoms with E-state index in [-0.39, 0.29) is 6.17 Å². The molecule has 1 aliphatic heterocycles.